The second-order valence-electron chi connectivity index (χ2n) is 11.4. The van der Waals surface area contributed by atoms with Gasteiger partial charge < -0.3 is 20.8 Å². The Morgan fingerprint density at radius 1 is 0.650 bits per heavy atom. The Morgan fingerprint density at radius 2 is 1.07 bits per heavy atom. The second-order valence-corrected chi connectivity index (χ2v) is 11.4. The summed E-state index contributed by atoms with van der Waals surface area (Å²) in [5, 5.41) is 33.8. The zero-order chi connectivity index (χ0) is 27.1. The topological polar surface area (TPSA) is 105 Å². The Hall–Kier alpha value is -4.14. The fourth-order valence-corrected chi connectivity index (χ4v) is 7.54. The summed E-state index contributed by atoms with van der Waals surface area (Å²) in [5.74, 6) is 0.0698. The highest BCUT2D eigenvalue weighted by Gasteiger charge is 2.46. The molecule has 4 aliphatic rings. The third-order valence-electron chi connectivity index (χ3n) is 9.36. The Balaban J connectivity index is 1.40. The Labute approximate surface area is 231 Å². The van der Waals surface area contributed by atoms with Crippen LogP contribution in [-0.4, -0.2) is 57.0 Å². The van der Waals surface area contributed by atoms with Crippen LogP contribution in [0.2, 0.25) is 0 Å². The van der Waals surface area contributed by atoms with Gasteiger partial charge in [-0.15, -0.1) is 0 Å². The molecule has 4 aliphatic heterocycles. The SMILES string of the molecule is O=C1NC(c2cc3ccccc3c(-c3c(O)c([C@H]4NC(=O)[C@@H]5CCCN45)cc4ccccc34)c2O)N2CCC[C@@H]12. The van der Waals surface area contributed by atoms with E-state index in [9.17, 15) is 19.8 Å². The van der Waals surface area contributed by atoms with E-state index >= 15 is 0 Å². The fraction of sp³-hybridized carbons (Fsp3) is 0.312. The first-order chi connectivity index (χ1) is 19.5. The molecule has 0 radical (unpaired) electrons. The average molecular weight is 535 g/mol. The van der Waals surface area contributed by atoms with Crippen LogP contribution in [0.5, 0.6) is 11.5 Å². The minimum absolute atomic E-state index is 0.0101. The van der Waals surface area contributed by atoms with Crippen molar-refractivity contribution in [2.75, 3.05) is 13.1 Å². The molecule has 4 atom stereocenters. The van der Waals surface area contributed by atoms with Crippen molar-refractivity contribution in [3.63, 3.8) is 0 Å². The summed E-state index contributed by atoms with van der Waals surface area (Å²) in [7, 11) is 0. The number of fused-ring (bicyclic) bond motifs is 4. The summed E-state index contributed by atoms with van der Waals surface area (Å²) in [6.07, 6.45) is 2.60. The lowest BCUT2D eigenvalue weighted by Gasteiger charge is -2.27. The van der Waals surface area contributed by atoms with Gasteiger partial charge in [-0.1, -0.05) is 48.5 Å². The third kappa shape index (κ3) is 3.26. The predicted octanol–water partition coefficient (Wildman–Crippen LogP) is 4.26. The summed E-state index contributed by atoms with van der Waals surface area (Å²) >= 11 is 0. The molecule has 0 saturated carbocycles. The van der Waals surface area contributed by atoms with E-state index in [1.165, 1.54) is 0 Å². The first-order valence-electron chi connectivity index (χ1n) is 14.1. The molecule has 4 heterocycles. The monoisotopic (exact) mass is 534 g/mol. The minimum atomic E-state index is -0.445. The molecule has 202 valence electrons. The number of hydrogen-bond donors (Lipinski definition) is 4. The summed E-state index contributed by atoms with van der Waals surface area (Å²) in [6, 6.07) is 19.2. The van der Waals surface area contributed by atoms with Crippen LogP contribution in [0, 0.1) is 0 Å². The van der Waals surface area contributed by atoms with Crippen LogP contribution >= 0.6 is 0 Å². The number of phenolic OH excluding ortho intramolecular Hbond substituents is 2. The maximum absolute atomic E-state index is 12.8. The number of nitrogens with one attached hydrogen (secondary N) is 2. The van der Waals surface area contributed by atoms with Crippen LogP contribution < -0.4 is 10.6 Å². The molecule has 40 heavy (non-hydrogen) atoms. The Bertz CT molecular complexity index is 1610. The lowest BCUT2D eigenvalue weighted by Crippen LogP contribution is -2.28. The lowest BCUT2D eigenvalue weighted by atomic mass is 9.87. The average Bonchev–Trinajstić information content (AvgIpc) is 3.74. The summed E-state index contributed by atoms with van der Waals surface area (Å²) in [5.41, 5.74) is 2.30. The quantitative estimate of drug-likeness (QED) is 0.313. The highest BCUT2D eigenvalue weighted by atomic mass is 16.3. The molecule has 4 aromatic carbocycles. The molecule has 0 aliphatic carbocycles. The van der Waals surface area contributed by atoms with Gasteiger partial charge in [-0.25, -0.2) is 0 Å². The van der Waals surface area contributed by atoms with Crippen molar-refractivity contribution in [2.45, 2.75) is 50.1 Å². The predicted molar refractivity (Wildman–Crippen MR) is 151 cm³/mol. The molecule has 2 amide bonds. The Kier molecular flexibility index (Phi) is 5.15. The molecule has 0 aromatic heterocycles. The van der Waals surface area contributed by atoms with Gasteiger partial charge in [0.1, 0.15) is 23.8 Å². The molecule has 8 rings (SSSR count). The summed E-state index contributed by atoms with van der Waals surface area (Å²) < 4.78 is 0. The van der Waals surface area contributed by atoms with E-state index in [1.54, 1.807) is 0 Å². The maximum Gasteiger partial charge on any atom is 0.238 e. The molecule has 4 fully saturated rings. The third-order valence-corrected chi connectivity index (χ3v) is 9.36. The molecule has 8 nitrogen and oxygen atoms in total. The normalized spacial score (nSPS) is 26.4. The zero-order valence-electron chi connectivity index (χ0n) is 21.9. The van der Waals surface area contributed by atoms with Gasteiger partial charge in [0.05, 0.1) is 12.1 Å². The van der Waals surface area contributed by atoms with Crippen molar-refractivity contribution in [1.29, 1.82) is 0 Å². The minimum Gasteiger partial charge on any atom is -0.507 e. The number of nitrogens with zero attached hydrogens (tertiary/aromatic N) is 2. The number of benzene rings is 4. The largest absolute Gasteiger partial charge is 0.507 e. The van der Waals surface area contributed by atoms with Crippen LogP contribution in [0.15, 0.2) is 60.7 Å². The van der Waals surface area contributed by atoms with Crippen molar-refractivity contribution in [1.82, 2.24) is 20.4 Å². The van der Waals surface area contributed by atoms with Gasteiger partial charge in [0, 0.05) is 35.3 Å². The van der Waals surface area contributed by atoms with Gasteiger partial charge >= 0.3 is 0 Å². The van der Waals surface area contributed by atoms with Crippen molar-refractivity contribution >= 4 is 33.4 Å². The second kappa shape index (κ2) is 8.68. The smallest absolute Gasteiger partial charge is 0.238 e. The molecule has 4 saturated heterocycles. The van der Waals surface area contributed by atoms with Crippen molar-refractivity contribution in [3.05, 3.63) is 71.8 Å². The van der Waals surface area contributed by atoms with Crippen LogP contribution in [0.25, 0.3) is 32.7 Å². The number of phenols is 2. The van der Waals surface area contributed by atoms with E-state index in [4.69, 9.17) is 0 Å². The van der Waals surface area contributed by atoms with Crippen molar-refractivity contribution in [3.8, 4) is 22.6 Å². The Morgan fingerprint density at radius 3 is 1.52 bits per heavy atom. The molecule has 1 unspecified atom stereocenters. The molecule has 0 spiro atoms. The number of aromatic hydroxyl groups is 2. The van der Waals surface area contributed by atoms with E-state index < -0.39 is 12.3 Å². The van der Waals surface area contributed by atoms with E-state index in [0.29, 0.717) is 22.3 Å². The lowest BCUT2D eigenvalue weighted by molar-refractivity contribution is -0.121. The number of carbonyl (C=O) groups excluding carboxylic acids is 2. The molecule has 8 heteroatoms. The van der Waals surface area contributed by atoms with E-state index in [-0.39, 0.29) is 35.4 Å². The van der Waals surface area contributed by atoms with Gasteiger partial charge in [-0.3, -0.25) is 19.4 Å². The number of amides is 2. The van der Waals surface area contributed by atoms with Gasteiger partial charge in [0.25, 0.3) is 0 Å². The van der Waals surface area contributed by atoms with Gasteiger partial charge in [0.15, 0.2) is 0 Å². The molecular weight excluding hydrogens is 504 g/mol. The van der Waals surface area contributed by atoms with Gasteiger partial charge in [-0.2, -0.15) is 0 Å². The summed E-state index contributed by atoms with van der Waals surface area (Å²) in [6.45, 7) is 1.55. The van der Waals surface area contributed by atoms with Gasteiger partial charge in [0.2, 0.25) is 11.8 Å². The zero-order valence-corrected chi connectivity index (χ0v) is 21.9. The number of rotatable bonds is 3. The van der Waals surface area contributed by atoms with Crippen LogP contribution in [-0.2, 0) is 9.59 Å². The van der Waals surface area contributed by atoms with Crippen molar-refractivity contribution in [2.24, 2.45) is 0 Å². The first kappa shape index (κ1) is 23.7. The van der Waals surface area contributed by atoms with E-state index in [2.05, 4.69) is 20.4 Å². The van der Waals surface area contributed by atoms with Gasteiger partial charge in [-0.05, 0) is 59.4 Å². The first-order valence-corrected chi connectivity index (χ1v) is 14.1. The standard InChI is InChI=1S/C32H30N4O4/c37-27-21(29-33-31(39)23-11-5-13-35(23)29)15-17-7-1-3-9-19(17)25(27)26-20-10-4-2-8-18(20)16-22(28(26)38)30-34-32(40)24-12-6-14-36(24)30/h1-4,7-10,15-16,23-24,29-30,37-38H,5-6,11-14H2,(H,33,39)(H,34,40)/t23-,24-,29-,30?/m0/s1. The molecule has 4 aromatic rings. The molecule has 4 N–H and O–H groups in total. The highest BCUT2D eigenvalue weighted by Crippen LogP contribution is 2.51. The van der Waals surface area contributed by atoms with E-state index in [1.807, 2.05) is 60.7 Å². The number of hydrogen-bond acceptors (Lipinski definition) is 6. The summed E-state index contributed by atoms with van der Waals surface area (Å²) in [4.78, 5) is 29.8. The number of carbonyl (C=O) groups is 2. The highest BCUT2D eigenvalue weighted by molar-refractivity contribution is 6.11. The van der Waals surface area contributed by atoms with Crippen LogP contribution in [0.3, 0.4) is 0 Å². The van der Waals surface area contributed by atoms with Crippen LogP contribution in [0.4, 0.5) is 0 Å². The van der Waals surface area contributed by atoms with Crippen molar-refractivity contribution < 1.29 is 19.8 Å². The maximum atomic E-state index is 12.8. The van der Waals surface area contributed by atoms with Crippen LogP contribution in [0.1, 0.15) is 49.1 Å². The molecule has 0 bridgehead atoms. The fourth-order valence-electron chi connectivity index (χ4n) is 7.54. The van der Waals surface area contributed by atoms with E-state index in [0.717, 1.165) is 60.3 Å². The molecular formula is C32H30N4O4.